The number of hydrogen-bond acceptors (Lipinski definition) is 11. The van der Waals surface area contributed by atoms with Crippen LogP contribution in [0.4, 0.5) is 4.79 Å². The second-order valence-corrected chi connectivity index (χ2v) is 17.5. The lowest BCUT2D eigenvalue weighted by Crippen LogP contribution is -2.63. The molecule has 0 aliphatic rings. The highest BCUT2D eigenvalue weighted by Gasteiger charge is 2.38. The zero-order valence-corrected chi connectivity index (χ0v) is 39.9. The summed E-state index contributed by atoms with van der Waals surface area (Å²) in [6.07, 6.45) is -0.135. The van der Waals surface area contributed by atoms with E-state index in [0.29, 0.717) is 18.4 Å². The molecule has 66 heavy (non-hydrogen) atoms. The maximum absolute atomic E-state index is 14.3. The Balaban J connectivity index is 2.23. The number of unbranched alkanes of at least 4 members (excludes halogenated alkanes) is 2. The molecule has 0 heterocycles. The summed E-state index contributed by atoms with van der Waals surface area (Å²) < 4.78 is 11.2. The Bertz CT molecular complexity index is 1920. The summed E-state index contributed by atoms with van der Waals surface area (Å²) in [5.41, 5.74) is 8.92. The van der Waals surface area contributed by atoms with Crippen LogP contribution in [0.2, 0.25) is 0 Å². The summed E-state index contributed by atoms with van der Waals surface area (Å²) in [4.78, 5) is 104. The van der Waals surface area contributed by atoms with E-state index in [9.17, 15) is 43.5 Å². The number of nitrogens with two attached hydrogens (primary N) is 1. The molecule has 0 fully saturated rings. The van der Waals surface area contributed by atoms with Gasteiger partial charge in [-0.2, -0.15) is 0 Å². The normalized spacial score (nSPS) is 13.5. The topological polar surface area (TPSA) is 277 Å². The molecule has 2 aromatic carbocycles. The summed E-state index contributed by atoms with van der Waals surface area (Å²) in [7, 11) is 2.62. The molecule has 0 aliphatic carbocycles. The van der Waals surface area contributed by atoms with Crippen molar-refractivity contribution in [3.63, 3.8) is 0 Å². The minimum Gasteiger partial charge on any atom is -0.480 e. The molecule has 0 bridgehead atoms. The standard InChI is InChI=1S/C47H72N8O11/c1-10-11-14-31-16-18-32(19-17-31)33-20-22-34(23-21-33)41(58)50-26-24-37(56)52-35(15-12-13-25-51-46(64)66-47(5,6)7)44(61)55(9)39(30(4)65-28-29(2)3)42(59)54-40(48)43(60)53-36(45(62)63)27-38(57)49-8/h16-23,29-30,35-36,39-40H,10-15,24-28,48H2,1-9H3,(H,49,57)(H,50,58)(H,51,64)(H,52,56)(H,53,60)(H,54,59)(H,62,63)/t30-,35+,36+,39+,40-/m1/s1. The van der Waals surface area contributed by atoms with E-state index in [2.05, 4.69) is 63.1 Å². The number of carboxylic acids is 1. The van der Waals surface area contributed by atoms with Gasteiger partial charge in [-0.3, -0.25) is 28.8 Å². The van der Waals surface area contributed by atoms with E-state index in [1.165, 1.54) is 19.7 Å². The third-order valence-corrected chi connectivity index (χ3v) is 10.1. The van der Waals surface area contributed by atoms with Gasteiger partial charge in [0, 0.05) is 45.8 Å². The molecule has 0 aromatic heterocycles. The first-order valence-corrected chi connectivity index (χ1v) is 22.5. The highest BCUT2D eigenvalue weighted by Crippen LogP contribution is 2.21. The highest BCUT2D eigenvalue weighted by atomic mass is 16.6. The molecule has 0 saturated heterocycles. The lowest BCUT2D eigenvalue weighted by Gasteiger charge is -2.35. The quantitative estimate of drug-likeness (QED) is 0.0475. The summed E-state index contributed by atoms with van der Waals surface area (Å²) in [5, 5.41) is 24.4. The number of carboxylic acid groups (broad SMARTS) is 1. The van der Waals surface area contributed by atoms with Gasteiger partial charge in [0.25, 0.3) is 11.8 Å². The van der Waals surface area contributed by atoms with Gasteiger partial charge in [-0.25, -0.2) is 9.59 Å². The minimum atomic E-state index is -1.80. The van der Waals surface area contributed by atoms with Gasteiger partial charge in [0.05, 0.1) is 12.5 Å². The van der Waals surface area contributed by atoms with Crippen molar-refractivity contribution >= 4 is 47.5 Å². The third-order valence-electron chi connectivity index (χ3n) is 10.1. The van der Waals surface area contributed by atoms with Crippen molar-refractivity contribution in [1.29, 1.82) is 0 Å². The van der Waals surface area contributed by atoms with E-state index in [0.717, 1.165) is 35.3 Å². The smallest absolute Gasteiger partial charge is 0.407 e. The third kappa shape index (κ3) is 20.4. The number of nitrogens with one attached hydrogen (secondary N) is 6. The first-order valence-electron chi connectivity index (χ1n) is 22.5. The number of carbonyl (C=O) groups is 8. The number of benzene rings is 2. The van der Waals surface area contributed by atoms with Gasteiger partial charge in [0.1, 0.15) is 23.7 Å². The lowest BCUT2D eigenvalue weighted by molar-refractivity contribution is -0.148. The monoisotopic (exact) mass is 925 g/mol. The summed E-state index contributed by atoms with van der Waals surface area (Å²) in [5.74, 6) is -5.84. The van der Waals surface area contributed by atoms with Gasteiger partial charge in [-0.15, -0.1) is 0 Å². The number of likely N-dealkylation sites (N-methyl/N-ethyl adjacent to an activating group) is 1. The summed E-state index contributed by atoms with van der Waals surface area (Å²) in [6, 6.07) is 11.2. The molecule has 366 valence electrons. The lowest BCUT2D eigenvalue weighted by atomic mass is 10.0. The average molecular weight is 925 g/mol. The van der Waals surface area contributed by atoms with Crippen LogP contribution in [-0.2, 0) is 44.7 Å². The molecule has 7 amide bonds. The molecule has 2 aromatic rings. The number of amides is 7. The molecule has 19 heteroatoms. The average Bonchev–Trinajstić information content (AvgIpc) is 3.25. The van der Waals surface area contributed by atoms with Crippen molar-refractivity contribution in [2.75, 3.05) is 33.8 Å². The van der Waals surface area contributed by atoms with Crippen molar-refractivity contribution < 1.29 is 52.9 Å². The minimum absolute atomic E-state index is 0.0256. The van der Waals surface area contributed by atoms with E-state index in [1.807, 2.05) is 26.0 Å². The van der Waals surface area contributed by atoms with Crippen molar-refractivity contribution in [2.24, 2.45) is 11.7 Å². The van der Waals surface area contributed by atoms with Gasteiger partial charge in [0.15, 0.2) is 6.17 Å². The van der Waals surface area contributed by atoms with Gasteiger partial charge in [0.2, 0.25) is 23.6 Å². The Kier molecular flexibility index (Phi) is 23.8. The zero-order valence-electron chi connectivity index (χ0n) is 39.9. The number of aliphatic carboxylic acids is 1. The Morgan fingerprint density at radius 2 is 1.39 bits per heavy atom. The molecule has 0 unspecified atom stereocenters. The van der Waals surface area contributed by atoms with E-state index in [4.69, 9.17) is 15.2 Å². The van der Waals surface area contributed by atoms with Crippen LogP contribution < -0.4 is 37.6 Å². The Morgan fingerprint density at radius 3 is 1.95 bits per heavy atom. The predicted molar refractivity (Wildman–Crippen MR) is 249 cm³/mol. The van der Waals surface area contributed by atoms with Crippen LogP contribution in [0.3, 0.4) is 0 Å². The number of alkyl carbamates (subject to hydrolysis) is 1. The predicted octanol–water partition coefficient (Wildman–Crippen LogP) is 2.99. The first-order chi connectivity index (χ1) is 31.1. The van der Waals surface area contributed by atoms with Gasteiger partial charge in [-0.05, 0) is 94.5 Å². The number of ether oxygens (including phenoxy) is 2. The molecule has 0 saturated carbocycles. The van der Waals surface area contributed by atoms with Crippen molar-refractivity contribution in [1.82, 2.24) is 36.8 Å². The van der Waals surface area contributed by atoms with Gasteiger partial charge in [-0.1, -0.05) is 63.6 Å². The largest absolute Gasteiger partial charge is 0.480 e. The van der Waals surface area contributed by atoms with Gasteiger partial charge < -0.3 is 57.1 Å². The second kappa shape index (κ2) is 28.1. The molecule has 0 aliphatic heterocycles. The van der Waals surface area contributed by atoms with Crippen LogP contribution in [0, 0.1) is 5.92 Å². The van der Waals surface area contributed by atoms with Crippen molar-refractivity contribution in [2.45, 2.75) is 136 Å². The Labute approximate surface area is 388 Å². The van der Waals surface area contributed by atoms with Crippen LogP contribution in [0.5, 0.6) is 0 Å². The molecular weight excluding hydrogens is 853 g/mol. The highest BCUT2D eigenvalue weighted by molar-refractivity contribution is 5.96. The van der Waals surface area contributed by atoms with Crippen LogP contribution in [0.1, 0.15) is 109 Å². The maximum Gasteiger partial charge on any atom is 0.407 e. The fourth-order valence-corrected chi connectivity index (χ4v) is 6.53. The SMILES string of the molecule is CCCCc1ccc(-c2ccc(C(=O)NCCC(=O)N[C@@H](CCCCNC(=O)OC(C)(C)C)C(=O)N(C)[C@H](C(=O)N[C@@H](N)C(=O)N[C@@H](CC(=O)NC)C(=O)O)[C@@H](C)OCC(C)C)cc2)cc1. The fraction of sp³-hybridized carbons (Fsp3) is 0.574. The molecule has 0 radical (unpaired) electrons. The Hall–Kier alpha value is -6.08. The number of rotatable bonds is 27. The number of nitrogens with zero attached hydrogens (tertiary/aromatic N) is 1. The molecule has 0 spiro atoms. The number of carbonyl (C=O) groups excluding carboxylic acids is 7. The first kappa shape index (κ1) is 56.1. The second-order valence-electron chi connectivity index (χ2n) is 17.5. The maximum atomic E-state index is 14.3. The Morgan fingerprint density at radius 1 is 0.773 bits per heavy atom. The molecule has 2 rings (SSSR count). The summed E-state index contributed by atoms with van der Waals surface area (Å²) >= 11 is 0. The van der Waals surface area contributed by atoms with E-state index >= 15 is 0 Å². The summed E-state index contributed by atoms with van der Waals surface area (Å²) in [6.45, 7) is 13.0. The molecule has 5 atom stereocenters. The van der Waals surface area contributed by atoms with Gasteiger partial charge >= 0.3 is 12.1 Å². The van der Waals surface area contributed by atoms with E-state index in [-0.39, 0.29) is 38.5 Å². The van der Waals surface area contributed by atoms with Crippen LogP contribution in [-0.4, -0.2) is 127 Å². The van der Waals surface area contributed by atoms with Crippen molar-refractivity contribution in [3.05, 3.63) is 59.7 Å². The zero-order chi connectivity index (χ0) is 49.6. The van der Waals surface area contributed by atoms with Crippen molar-refractivity contribution in [3.8, 4) is 11.1 Å². The molecule has 9 N–H and O–H groups in total. The van der Waals surface area contributed by atoms with Crippen LogP contribution >= 0.6 is 0 Å². The van der Waals surface area contributed by atoms with E-state index < -0.39 is 89.9 Å². The number of hydrogen-bond donors (Lipinski definition) is 8. The number of aryl methyl sites for hydroxylation is 1. The van der Waals surface area contributed by atoms with Crippen LogP contribution in [0.15, 0.2) is 48.5 Å². The van der Waals surface area contributed by atoms with Crippen LogP contribution in [0.25, 0.3) is 11.1 Å². The van der Waals surface area contributed by atoms with E-state index in [1.54, 1.807) is 39.8 Å². The fourth-order valence-electron chi connectivity index (χ4n) is 6.53. The molecule has 19 nitrogen and oxygen atoms in total. The molecular formula is C47H72N8O11.